The van der Waals surface area contributed by atoms with Crippen molar-refractivity contribution >= 4 is 11.9 Å². The lowest BCUT2D eigenvalue weighted by atomic mass is 10.1. The Bertz CT molecular complexity index is 764. The summed E-state index contributed by atoms with van der Waals surface area (Å²) in [6, 6.07) is 10.5. The summed E-state index contributed by atoms with van der Waals surface area (Å²) in [7, 11) is 3.17. The van der Waals surface area contributed by atoms with Gasteiger partial charge in [-0.2, -0.15) is 0 Å². The zero-order chi connectivity index (χ0) is 16.2. The summed E-state index contributed by atoms with van der Waals surface area (Å²) in [4.78, 5) is 12.3. The van der Waals surface area contributed by atoms with Crippen LogP contribution < -0.4 is 18.9 Å². The van der Waals surface area contributed by atoms with E-state index in [2.05, 4.69) is 0 Å². The van der Waals surface area contributed by atoms with Gasteiger partial charge in [-0.15, -0.1) is 0 Å². The maximum atomic E-state index is 12.3. The highest BCUT2D eigenvalue weighted by Gasteiger charge is 2.15. The molecule has 0 saturated carbocycles. The monoisotopic (exact) mass is 312 g/mol. The van der Waals surface area contributed by atoms with Gasteiger partial charge in [0, 0.05) is 11.1 Å². The highest BCUT2D eigenvalue weighted by Crippen LogP contribution is 2.33. The molecule has 0 atom stereocenters. The van der Waals surface area contributed by atoms with Gasteiger partial charge in [0.05, 0.1) is 14.2 Å². The van der Waals surface area contributed by atoms with Crippen molar-refractivity contribution in [2.24, 2.45) is 0 Å². The van der Waals surface area contributed by atoms with Gasteiger partial charge in [0.1, 0.15) is 11.5 Å². The zero-order valence-corrected chi connectivity index (χ0v) is 12.9. The molecule has 3 rings (SSSR count). The first-order chi connectivity index (χ1) is 11.2. The second-order valence-electron chi connectivity index (χ2n) is 4.87. The molecular weight excluding hydrogens is 296 g/mol. The van der Waals surface area contributed by atoms with Crippen LogP contribution in [0.5, 0.6) is 23.0 Å². The Morgan fingerprint density at radius 2 is 1.87 bits per heavy atom. The third-order valence-electron chi connectivity index (χ3n) is 3.51. The van der Waals surface area contributed by atoms with E-state index in [0.717, 1.165) is 5.56 Å². The molecule has 1 aliphatic heterocycles. The fraction of sp³-hybridized carbons (Fsp3) is 0.167. The second kappa shape index (κ2) is 6.44. The lowest BCUT2D eigenvalue weighted by Gasteiger charge is -2.07. The summed E-state index contributed by atoms with van der Waals surface area (Å²) in [6.45, 7) is 0.184. The van der Waals surface area contributed by atoms with Crippen LogP contribution in [0, 0.1) is 0 Å². The van der Waals surface area contributed by atoms with Gasteiger partial charge in [-0.25, -0.2) is 0 Å². The molecule has 0 fully saturated rings. The predicted octanol–water partition coefficient (Wildman–Crippen LogP) is 3.33. The molecule has 5 heteroatoms. The first-order valence-corrected chi connectivity index (χ1v) is 7.05. The van der Waals surface area contributed by atoms with Crippen molar-refractivity contribution in [1.82, 2.24) is 0 Å². The molecule has 118 valence electrons. The number of methoxy groups -OCH3 is 2. The van der Waals surface area contributed by atoms with E-state index in [-0.39, 0.29) is 12.6 Å². The molecule has 0 spiro atoms. The van der Waals surface area contributed by atoms with Gasteiger partial charge in [0.2, 0.25) is 6.79 Å². The Morgan fingerprint density at radius 3 is 2.65 bits per heavy atom. The molecule has 1 heterocycles. The van der Waals surface area contributed by atoms with Gasteiger partial charge < -0.3 is 18.9 Å². The summed E-state index contributed by atoms with van der Waals surface area (Å²) >= 11 is 0. The van der Waals surface area contributed by atoms with Gasteiger partial charge >= 0.3 is 0 Å². The fourth-order valence-corrected chi connectivity index (χ4v) is 2.28. The molecule has 23 heavy (non-hydrogen) atoms. The molecule has 1 aliphatic rings. The van der Waals surface area contributed by atoms with E-state index < -0.39 is 0 Å². The number of hydrogen-bond acceptors (Lipinski definition) is 5. The fourth-order valence-electron chi connectivity index (χ4n) is 2.28. The van der Waals surface area contributed by atoms with Crippen LogP contribution in [0.2, 0.25) is 0 Å². The number of rotatable bonds is 5. The molecule has 0 bridgehead atoms. The molecule has 0 N–H and O–H groups in total. The molecule has 0 aliphatic carbocycles. The van der Waals surface area contributed by atoms with Crippen molar-refractivity contribution < 1.29 is 23.7 Å². The van der Waals surface area contributed by atoms with Crippen molar-refractivity contribution in [2.45, 2.75) is 0 Å². The second-order valence-corrected chi connectivity index (χ2v) is 4.87. The van der Waals surface area contributed by atoms with Crippen LogP contribution in [0.3, 0.4) is 0 Å². The standard InChI is InChI=1S/C18H16O5/c1-20-14-5-8-16(21-2)13(9-14)3-6-15(19)12-4-7-17-18(10-12)23-11-22-17/h3-10H,11H2,1-2H3/b6-3+. The highest BCUT2D eigenvalue weighted by atomic mass is 16.7. The van der Waals surface area contributed by atoms with Crippen LogP contribution in [0.4, 0.5) is 0 Å². The third-order valence-corrected chi connectivity index (χ3v) is 3.51. The SMILES string of the molecule is COc1ccc(OC)c(/C=C/C(=O)c2ccc3c(c2)OCO3)c1. The van der Waals surface area contributed by atoms with Crippen molar-refractivity contribution in [3.63, 3.8) is 0 Å². The molecule has 0 amide bonds. The molecule has 0 saturated heterocycles. The maximum absolute atomic E-state index is 12.3. The van der Waals surface area contributed by atoms with E-state index in [4.69, 9.17) is 18.9 Å². The molecule has 0 unspecified atom stereocenters. The van der Waals surface area contributed by atoms with Gasteiger partial charge in [0.25, 0.3) is 0 Å². The normalized spacial score (nSPS) is 12.4. The van der Waals surface area contributed by atoms with E-state index in [9.17, 15) is 4.79 Å². The summed E-state index contributed by atoms with van der Waals surface area (Å²) in [5, 5.41) is 0. The smallest absolute Gasteiger partial charge is 0.231 e. The third kappa shape index (κ3) is 3.13. The Kier molecular flexibility index (Phi) is 4.19. The van der Waals surface area contributed by atoms with Crippen molar-refractivity contribution in [2.75, 3.05) is 21.0 Å². The molecule has 5 nitrogen and oxygen atoms in total. The average Bonchev–Trinajstić information content (AvgIpc) is 3.06. The Hall–Kier alpha value is -2.95. The van der Waals surface area contributed by atoms with E-state index in [1.165, 1.54) is 6.08 Å². The van der Waals surface area contributed by atoms with Crippen molar-refractivity contribution in [1.29, 1.82) is 0 Å². The Morgan fingerprint density at radius 1 is 1.04 bits per heavy atom. The summed E-state index contributed by atoms with van der Waals surface area (Å²) < 4.78 is 21.0. The van der Waals surface area contributed by atoms with Gasteiger partial charge in [0.15, 0.2) is 17.3 Å². The van der Waals surface area contributed by atoms with E-state index in [0.29, 0.717) is 28.6 Å². The number of allylic oxidation sites excluding steroid dienone is 1. The topological polar surface area (TPSA) is 54.0 Å². The summed E-state index contributed by atoms with van der Waals surface area (Å²) in [6.07, 6.45) is 3.20. The van der Waals surface area contributed by atoms with Crippen LogP contribution in [-0.4, -0.2) is 26.8 Å². The van der Waals surface area contributed by atoms with Crippen LogP contribution >= 0.6 is 0 Å². The minimum Gasteiger partial charge on any atom is -0.497 e. The van der Waals surface area contributed by atoms with Crippen molar-refractivity contribution in [3.05, 3.63) is 53.6 Å². The van der Waals surface area contributed by atoms with Gasteiger partial charge in [-0.05, 0) is 48.6 Å². The summed E-state index contributed by atoms with van der Waals surface area (Å²) in [5.41, 5.74) is 1.30. The van der Waals surface area contributed by atoms with Crippen LogP contribution in [0.15, 0.2) is 42.5 Å². The lowest BCUT2D eigenvalue weighted by molar-refractivity contribution is 0.104. The quantitative estimate of drug-likeness (QED) is 0.626. The Labute approximate surface area is 134 Å². The Balaban J connectivity index is 1.83. The molecule has 2 aromatic rings. The van der Waals surface area contributed by atoms with Crippen LogP contribution in [-0.2, 0) is 0 Å². The summed E-state index contributed by atoms with van der Waals surface area (Å²) in [5.74, 6) is 2.47. The van der Waals surface area contributed by atoms with Crippen LogP contribution in [0.25, 0.3) is 6.08 Å². The average molecular weight is 312 g/mol. The zero-order valence-electron chi connectivity index (χ0n) is 12.9. The maximum Gasteiger partial charge on any atom is 0.231 e. The number of ether oxygens (including phenoxy) is 4. The number of ketones is 1. The first-order valence-electron chi connectivity index (χ1n) is 7.05. The van der Waals surface area contributed by atoms with E-state index in [1.807, 2.05) is 6.07 Å². The lowest BCUT2D eigenvalue weighted by Crippen LogP contribution is -1.95. The molecular formula is C18H16O5. The molecule has 2 aromatic carbocycles. The largest absolute Gasteiger partial charge is 0.497 e. The number of carbonyl (C=O) groups excluding carboxylic acids is 1. The van der Waals surface area contributed by atoms with Crippen molar-refractivity contribution in [3.8, 4) is 23.0 Å². The minimum atomic E-state index is -0.131. The van der Waals surface area contributed by atoms with Gasteiger partial charge in [-0.1, -0.05) is 0 Å². The predicted molar refractivity (Wildman–Crippen MR) is 85.5 cm³/mol. The van der Waals surface area contributed by atoms with E-state index in [1.54, 1.807) is 50.6 Å². The number of carbonyl (C=O) groups is 1. The number of benzene rings is 2. The number of hydrogen-bond donors (Lipinski definition) is 0. The number of fused-ring (bicyclic) bond motifs is 1. The molecule has 0 aromatic heterocycles. The molecule has 0 radical (unpaired) electrons. The first kappa shape index (κ1) is 15.0. The van der Waals surface area contributed by atoms with E-state index >= 15 is 0 Å². The highest BCUT2D eigenvalue weighted by molar-refractivity contribution is 6.07. The van der Waals surface area contributed by atoms with Gasteiger partial charge in [-0.3, -0.25) is 4.79 Å². The minimum absolute atomic E-state index is 0.131. The van der Waals surface area contributed by atoms with Crippen LogP contribution in [0.1, 0.15) is 15.9 Å².